The van der Waals surface area contributed by atoms with E-state index in [0.717, 1.165) is 25.9 Å². The molecule has 0 aromatic heterocycles. The lowest BCUT2D eigenvalue weighted by Gasteiger charge is -2.16. The maximum absolute atomic E-state index is 11.3. The third kappa shape index (κ3) is 5.42. The zero-order valence-corrected chi connectivity index (χ0v) is 10.5. The lowest BCUT2D eigenvalue weighted by molar-refractivity contribution is -0.121. The largest absolute Gasteiger partial charge is 0.356 e. The molecule has 1 rings (SSSR count). The van der Waals surface area contributed by atoms with E-state index in [9.17, 15) is 4.79 Å². The molecule has 0 spiro atoms. The monoisotopic (exact) mass is 230 g/mol. The van der Waals surface area contributed by atoms with Crippen molar-refractivity contribution in [1.29, 1.82) is 0 Å². The quantitative estimate of drug-likeness (QED) is 0.750. The molecule has 0 saturated carbocycles. The number of carbonyl (C=O) groups excluding carboxylic acids is 1. The van der Waals surface area contributed by atoms with Crippen LogP contribution in [-0.4, -0.2) is 36.5 Å². The molecule has 1 saturated heterocycles. The fourth-order valence-electron chi connectivity index (χ4n) is 1.76. The molecule has 15 heavy (non-hydrogen) atoms. The average Bonchev–Trinajstić information content (AvgIpc) is 2.42. The Hall–Kier alpha value is -0.220. The summed E-state index contributed by atoms with van der Waals surface area (Å²) in [6, 6.07) is 0.390. The molecular formula is C11H22N2OS. The van der Waals surface area contributed by atoms with Gasteiger partial charge in [0.25, 0.3) is 0 Å². The molecule has 2 N–H and O–H groups in total. The van der Waals surface area contributed by atoms with Crippen LogP contribution in [0.4, 0.5) is 0 Å². The van der Waals surface area contributed by atoms with Crippen molar-refractivity contribution < 1.29 is 4.79 Å². The molecule has 2 atom stereocenters. The van der Waals surface area contributed by atoms with Gasteiger partial charge in [-0.1, -0.05) is 6.92 Å². The third-order valence-corrected chi connectivity index (χ3v) is 3.91. The first kappa shape index (κ1) is 12.8. The van der Waals surface area contributed by atoms with Crippen molar-refractivity contribution in [1.82, 2.24) is 10.6 Å². The molecule has 2 unspecified atom stereocenters. The predicted molar refractivity (Wildman–Crippen MR) is 66.2 cm³/mol. The van der Waals surface area contributed by atoms with Crippen molar-refractivity contribution in [2.24, 2.45) is 0 Å². The van der Waals surface area contributed by atoms with Crippen LogP contribution in [0.1, 0.15) is 32.6 Å². The highest BCUT2D eigenvalue weighted by Crippen LogP contribution is 2.10. The predicted octanol–water partition coefficient (Wildman–Crippen LogP) is 1.39. The number of rotatable bonds is 5. The minimum absolute atomic E-state index is 0.197. The van der Waals surface area contributed by atoms with E-state index in [2.05, 4.69) is 23.8 Å². The first-order valence-corrected chi connectivity index (χ1v) is 7.04. The van der Waals surface area contributed by atoms with Gasteiger partial charge in [-0.25, -0.2) is 0 Å². The number of amides is 1. The second kappa shape index (κ2) is 7.12. The molecule has 0 aromatic carbocycles. The molecular weight excluding hydrogens is 208 g/mol. The zero-order valence-electron chi connectivity index (χ0n) is 9.71. The van der Waals surface area contributed by atoms with Gasteiger partial charge in [0, 0.05) is 24.3 Å². The number of carbonyl (C=O) groups is 1. The first-order valence-electron chi connectivity index (χ1n) is 5.75. The summed E-state index contributed by atoms with van der Waals surface area (Å²) in [5.41, 5.74) is 0. The van der Waals surface area contributed by atoms with Crippen molar-refractivity contribution >= 4 is 17.7 Å². The van der Waals surface area contributed by atoms with Gasteiger partial charge in [0.05, 0.1) is 0 Å². The summed E-state index contributed by atoms with van der Waals surface area (Å²) in [6.07, 6.45) is 6.19. The Labute approximate surface area is 96.8 Å². The van der Waals surface area contributed by atoms with Gasteiger partial charge in [0.15, 0.2) is 0 Å². The van der Waals surface area contributed by atoms with Crippen molar-refractivity contribution in [3.05, 3.63) is 0 Å². The molecule has 0 aromatic rings. The number of hydrogen-bond donors (Lipinski definition) is 2. The Morgan fingerprint density at radius 1 is 1.67 bits per heavy atom. The van der Waals surface area contributed by atoms with Crippen molar-refractivity contribution in [2.45, 2.75) is 43.9 Å². The lowest BCUT2D eigenvalue weighted by atomic mass is 10.1. The van der Waals surface area contributed by atoms with E-state index in [1.807, 2.05) is 11.8 Å². The maximum atomic E-state index is 11.3. The van der Waals surface area contributed by atoms with Crippen molar-refractivity contribution in [3.8, 4) is 0 Å². The minimum Gasteiger partial charge on any atom is -0.356 e. The topological polar surface area (TPSA) is 41.1 Å². The van der Waals surface area contributed by atoms with E-state index < -0.39 is 0 Å². The van der Waals surface area contributed by atoms with Crippen molar-refractivity contribution in [3.63, 3.8) is 0 Å². The van der Waals surface area contributed by atoms with Gasteiger partial charge in [-0.05, 0) is 32.1 Å². The Bertz CT molecular complexity index is 199. The molecule has 4 heteroatoms. The SMILES string of the molecule is CSC(C)CCNC1CCCNC(=O)C1. The van der Waals surface area contributed by atoms with Crippen LogP contribution in [0.5, 0.6) is 0 Å². The summed E-state index contributed by atoms with van der Waals surface area (Å²) < 4.78 is 0. The first-order chi connectivity index (χ1) is 7.22. The second-order valence-corrected chi connectivity index (χ2v) is 5.46. The van der Waals surface area contributed by atoms with Gasteiger partial charge in [-0.15, -0.1) is 0 Å². The molecule has 0 bridgehead atoms. The fraction of sp³-hybridized carbons (Fsp3) is 0.909. The summed E-state index contributed by atoms with van der Waals surface area (Å²) in [5.74, 6) is 0.197. The molecule has 1 aliphatic heterocycles. The van der Waals surface area contributed by atoms with E-state index in [0.29, 0.717) is 17.7 Å². The summed E-state index contributed by atoms with van der Waals surface area (Å²) in [7, 11) is 0. The zero-order chi connectivity index (χ0) is 11.1. The van der Waals surface area contributed by atoms with Gasteiger partial charge in [-0.2, -0.15) is 11.8 Å². The molecule has 88 valence electrons. The molecule has 1 aliphatic rings. The summed E-state index contributed by atoms with van der Waals surface area (Å²) in [6.45, 7) is 4.12. The van der Waals surface area contributed by atoms with Gasteiger partial charge >= 0.3 is 0 Å². The molecule has 0 aliphatic carbocycles. The Morgan fingerprint density at radius 2 is 2.47 bits per heavy atom. The van der Waals surface area contributed by atoms with Gasteiger partial charge in [-0.3, -0.25) is 4.79 Å². The van der Waals surface area contributed by atoms with Gasteiger partial charge in [0.2, 0.25) is 5.91 Å². The number of hydrogen-bond acceptors (Lipinski definition) is 3. The van der Waals surface area contributed by atoms with E-state index in [1.165, 1.54) is 6.42 Å². The molecule has 1 amide bonds. The van der Waals surface area contributed by atoms with Crippen LogP contribution in [0.15, 0.2) is 0 Å². The fourth-order valence-corrected chi connectivity index (χ4v) is 2.11. The van der Waals surface area contributed by atoms with E-state index >= 15 is 0 Å². The highest BCUT2D eigenvalue weighted by molar-refractivity contribution is 7.99. The van der Waals surface area contributed by atoms with Crippen LogP contribution in [0, 0.1) is 0 Å². The highest BCUT2D eigenvalue weighted by Gasteiger charge is 2.16. The molecule has 0 radical (unpaired) electrons. The highest BCUT2D eigenvalue weighted by atomic mass is 32.2. The smallest absolute Gasteiger partial charge is 0.221 e. The third-order valence-electron chi connectivity index (χ3n) is 2.87. The Balaban J connectivity index is 2.16. The van der Waals surface area contributed by atoms with Gasteiger partial charge < -0.3 is 10.6 Å². The van der Waals surface area contributed by atoms with Crippen LogP contribution >= 0.6 is 11.8 Å². The standard InChI is InChI=1S/C11H22N2OS/c1-9(15-2)5-7-12-10-4-3-6-13-11(14)8-10/h9-10,12H,3-8H2,1-2H3,(H,13,14). The molecule has 1 fully saturated rings. The summed E-state index contributed by atoms with van der Waals surface area (Å²) in [4.78, 5) is 11.3. The Kier molecular flexibility index (Phi) is 6.10. The average molecular weight is 230 g/mol. The minimum atomic E-state index is 0.197. The van der Waals surface area contributed by atoms with Crippen LogP contribution in [-0.2, 0) is 4.79 Å². The maximum Gasteiger partial charge on any atom is 0.221 e. The summed E-state index contributed by atoms with van der Waals surface area (Å²) >= 11 is 1.90. The molecule has 1 heterocycles. The van der Waals surface area contributed by atoms with Crippen LogP contribution in [0.25, 0.3) is 0 Å². The van der Waals surface area contributed by atoms with E-state index in [-0.39, 0.29) is 5.91 Å². The second-order valence-electron chi connectivity index (χ2n) is 4.18. The van der Waals surface area contributed by atoms with E-state index in [4.69, 9.17) is 0 Å². The van der Waals surface area contributed by atoms with Crippen LogP contribution in [0.2, 0.25) is 0 Å². The van der Waals surface area contributed by atoms with E-state index in [1.54, 1.807) is 0 Å². The van der Waals surface area contributed by atoms with Crippen LogP contribution in [0.3, 0.4) is 0 Å². The number of nitrogens with one attached hydrogen (secondary N) is 2. The summed E-state index contributed by atoms with van der Waals surface area (Å²) in [5, 5.41) is 7.09. The number of thioether (sulfide) groups is 1. The normalized spacial score (nSPS) is 24.4. The Morgan fingerprint density at radius 3 is 3.20 bits per heavy atom. The lowest BCUT2D eigenvalue weighted by Crippen LogP contribution is -2.33. The van der Waals surface area contributed by atoms with Crippen LogP contribution < -0.4 is 10.6 Å². The van der Waals surface area contributed by atoms with Crippen molar-refractivity contribution in [2.75, 3.05) is 19.3 Å². The van der Waals surface area contributed by atoms with Gasteiger partial charge in [0.1, 0.15) is 0 Å². The molecule has 3 nitrogen and oxygen atoms in total.